The van der Waals surface area contributed by atoms with E-state index in [9.17, 15) is 0 Å². The fourth-order valence-electron chi connectivity index (χ4n) is 1.87. The second kappa shape index (κ2) is 6.67. The van der Waals surface area contributed by atoms with Crippen molar-refractivity contribution in [1.29, 1.82) is 0 Å². The Morgan fingerprint density at radius 3 is 2.81 bits per heavy atom. The minimum Gasteiger partial charge on any atom is -0.494 e. The zero-order chi connectivity index (χ0) is 15.3. The standard InChI is InChI=1S/C15H22N4O2/c1-15(2,3)21-10-6-9-19-11-12(17-18-19)14-13(20-4)7-5-8-16-14/h5,7-8,11H,6,9-10H2,1-4H3. The third kappa shape index (κ3) is 4.53. The van der Waals surface area contributed by atoms with Gasteiger partial charge >= 0.3 is 0 Å². The van der Waals surface area contributed by atoms with Gasteiger partial charge in [-0.2, -0.15) is 0 Å². The molecule has 21 heavy (non-hydrogen) atoms. The van der Waals surface area contributed by atoms with E-state index >= 15 is 0 Å². The molecule has 114 valence electrons. The minimum absolute atomic E-state index is 0.102. The molecule has 2 heterocycles. The van der Waals surface area contributed by atoms with Crippen LogP contribution in [0.5, 0.6) is 5.75 Å². The van der Waals surface area contributed by atoms with Crippen LogP contribution in [-0.2, 0) is 11.3 Å². The highest BCUT2D eigenvalue weighted by atomic mass is 16.5. The summed E-state index contributed by atoms with van der Waals surface area (Å²) in [5, 5.41) is 8.27. The van der Waals surface area contributed by atoms with Crippen LogP contribution >= 0.6 is 0 Å². The van der Waals surface area contributed by atoms with Gasteiger partial charge in [0.2, 0.25) is 0 Å². The molecule has 0 saturated carbocycles. The SMILES string of the molecule is COc1cccnc1-c1cn(CCCOC(C)(C)C)nn1. The number of hydrogen-bond acceptors (Lipinski definition) is 5. The van der Waals surface area contributed by atoms with Gasteiger partial charge in [-0.05, 0) is 39.3 Å². The van der Waals surface area contributed by atoms with Crippen molar-refractivity contribution < 1.29 is 9.47 Å². The molecule has 0 N–H and O–H groups in total. The van der Waals surface area contributed by atoms with Crippen molar-refractivity contribution in [3.63, 3.8) is 0 Å². The van der Waals surface area contributed by atoms with E-state index in [1.165, 1.54) is 0 Å². The predicted octanol–water partition coefficient (Wildman–Crippen LogP) is 2.55. The molecular weight excluding hydrogens is 268 g/mol. The minimum atomic E-state index is -0.102. The van der Waals surface area contributed by atoms with Crippen LogP contribution < -0.4 is 4.74 Å². The molecule has 0 aliphatic heterocycles. The van der Waals surface area contributed by atoms with Crippen LogP contribution in [-0.4, -0.2) is 39.3 Å². The molecule has 0 amide bonds. The van der Waals surface area contributed by atoms with E-state index in [1.54, 1.807) is 18.0 Å². The van der Waals surface area contributed by atoms with E-state index < -0.39 is 0 Å². The van der Waals surface area contributed by atoms with Crippen molar-refractivity contribution in [2.75, 3.05) is 13.7 Å². The number of aromatic nitrogens is 4. The van der Waals surface area contributed by atoms with Crippen molar-refractivity contribution in [1.82, 2.24) is 20.0 Å². The maximum Gasteiger partial charge on any atom is 0.146 e. The molecule has 6 nitrogen and oxygen atoms in total. The molecule has 0 aromatic carbocycles. The van der Waals surface area contributed by atoms with Crippen LogP contribution in [0.2, 0.25) is 0 Å². The monoisotopic (exact) mass is 290 g/mol. The lowest BCUT2D eigenvalue weighted by Crippen LogP contribution is -2.20. The number of pyridine rings is 1. The molecule has 2 rings (SSSR count). The van der Waals surface area contributed by atoms with E-state index in [1.807, 2.05) is 39.1 Å². The van der Waals surface area contributed by atoms with Gasteiger partial charge in [-0.25, -0.2) is 0 Å². The fraction of sp³-hybridized carbons (Fsp3) is 0.533. The van der Waals surface area contributed by atoms with E-state index in [-0.39, 0.29) is 5.60 Å². The summed E-state index contributed by atoms with van der Waals surface area (Å²) in [5.41, 5.74) is 1.32. The quantitative estimate of drug-likeness (QED) is 0.765. The Balaban J connectivity index is 1.95. The van der Waals surface area contributed by atoms with Gasteiger partial charge in [-0.3, -0.25) is 9.67 Å². The van der Waals surface area contributed by atoms with Gasteiger partial charge in [-0.1, -0.05) is 5.21 Å². The Hall–Kier alpha value is -1.95. The number of aryl methyl sites for hydroxylation is 1. The maximum absolute atomic E-state index is 5.69. The van der Waals surface area contributed by atoms with Crippen LogP contribution in [0.15, 0.2) is 24.5 Å². The van der Waals surface area contributed by atoms with Crippen molar-refractivity contribution in [2.24, 2.45) is 0 Å². The summed E-state index contributed by atoms with van der Waals surface area (Å²) in [6, 6.07) is 3.69. The lowest BCUT2D eigenvalue weighted by Gasteiger charge is -2.19. The highest BCUT2D eigenvalue weighted by Gasteiger charge is 2.12. The summed E-state index contributed by atoms with van der Waals surface area (Å²) < 4.78 is 12.8. The molecule has 0 atom stereocenters. The average Bonchev–Trinajstić information content (AvgIpc) is 2.91. The van der Waals surface area contributed by atoms with Crippen LogP contribution in [0.3, 0.4) is 0 Å². The normalized spacial score (nSPS) is 11.6. The summed E-state index contributed by atoms with van der Waals surface area (Å²) in [5.74, 6) is 0.695. The Morgan fingerprint density at radius 2 is 2.10 bits per heavy atom. The first-order chi connectivity index (χ1) is 9.99. The summed E-state index contributed by atoms with van der Waals surface area (Å²) >= 11 is 0. The van der Waals surface area contributed by atoms with Gasteiger partial charge in [-0.15, -0.1) is 5.10 Å². The van der Waals surface area contributed by atoms with Gasteiger partial charge in [0.25, 0.3) is 0 Å². The molecule has 0 aliphatic carbocycles. The number of nitrogens with zero attached hydrogens (tertiary/aromatic N) is 4. The van der Waals surface area contributed by atoms with Gasteiger partial charge in [0.15, 0.2) is 0 Å². The molecule has 0 fully saturated rings. The number of ether oxygens (including phenoxy) is 2. The third-order valence-corrected chi connectivity index (χ3v) is 2.84. The largest absolute Gasteiger partial charge is 0.494 e. The molecule has 0 saturated heterocycles. The molecule has 2 aromatic rings. The second-order valence-corrected chi connectivity index (χ2v) is 5.74. The van der Waals surface area contributed by atoms with Crippen LogP contribution in [0.25, 0.3) is 11.4 Å². The fourth-order valence-corrected chi connectivity index (χ4v) is 1.87. The molecule has 0 bridgehead atoms. The molecule has 0 aliphatic rings. The van der Waals surface area contributed by atoms with Gasteiger partial charge < -0.3 is 9.47 Å². The maximum atomic E-state index is 5.69. The highest BCUT2D eigenvalue weighted by Crippen LogP contribution is 2.24. The highest BCUT2D eigenvalue weighted by molar-refractivity contribution is 5.60. The summed E-state index contributed by atoms with van der Waals surface area (Å²) in [4.78, 5) is 4.30. The zero-order valence-corrected chi connectivity index (χ0v) is 13.0. The van der Waals surface area contributed by atoms with Crippen molar-refractivity contribution >= 4 is 0 Å². The van der Waals surface area contributed by atoms with Gasteiger partial charge in [0, 0.05) is 19.3 Å². The van der Waals surface area contributed by atoms with Crippen LogP contribution in [0, 0.1) is 0 Å². The Kier molecular flexibility index (Phi) is 4.90. The first-order valence-electron chi connectivity index (χ1n) is 7.03. The predicted molar refractivity (Wildman–Crippen MR) is 80.1 cm³/mol. The lowest BCUT2D eigenvalue weighted by molar-refractivity contribution is -0.00558. The zero-order valence-electron chi connectivity index (χ0n) is 13.0. The van der Waals surface area contributed by atoms with Crippen molar-refractivity contribution in [3.8, 4) is 17.1 Å². The van der Waals surface area contributed by atoms with Crippen molar-refractivity contribution in [2.45, 2.75) is 39.3 Å². The topological polar surface area (TPSA) is 62.1 Å². The number of hydrogen-bond donors (Lipinski definition) is 0. The number of methoxy groups -OCH3 is 1. The average molecular weight is 290 g/mol. The van der Waals surface area contributed by atoms with Gasteiger partial charge in [0.05, 0.1) is 18.9 Å². The smallest absolute Gasteiger partial charge is 0.146 e. The lowest BCUT2D eigenvalue weighted by atomic mass is 10.2. The summed E-state index contributed by atoms with van der Waals surface area (Å²) in [7, 11) is 1.62. The Morgan fingerprint density at radius 1 is 1.29 bits per heavy atom. The third-order valence-electron chi connectivity index (χ3n) is 2.84. The second-order valence-electron chi connectivity index (χ2n) is 5.74. The molecule has 0 spiro atoms. The van der Waals surface area contributed by atoms with E-state index in [4.69, 9.17) is 9.47 Å². The molecule has 0 radical (unpaired) electrons. The molecule has 0 unspecified atom stereocenters. The molecule has 6 heteroatoms. The van der Waals surface area contributed by atoms with Crippen LogP contribution in [0.1, 0.15) is 27.2 Å². The van der Waals surface area contributed by atoms with E-state index in [0.717, 1.165) is 13.0 Å². The van der Waals surface area contributed by atoms with Crippen LogP contribution in [0.4, 0.5) is 0 Å². The number of rotatable bonds is 6. The summed E-state index contributed by atoms with van der Waals surface area (Å²) in [6.45, 7) is 7.61. The Bertz CT molecular complexity index is 575. The van der Waals surface area contributed by atoms with Crippen molar-refractivity contribution in [3.05, 3.63) is 24.5 Å². The first kappa shape index (κ1) is 15.4. The Labute approximate surface area is 125 Å². The van der Waals surface area contributed by atoms with E-state index in [2.05, 4.69) is 15.3 Å². The summed E-state index contributed by atoms with van der Waals surface area (Å²) in [6.07, 6.45) is 4.48. The van der Waals surface area contributed by atoms with E-state index in [0.29, 0.717) is 23.7 Å². The molecular formula is C15H22N4O2. The first-order valence-corrected chi connectivity index (χ1v) is 7.03. The van der Waals surface area contributed by atoms with Gasteiger partial charge in [0.1, 0.15) is 17.1 Å². The molecule has 2 aromatic heterocycles.